The van der Waals surface area contributed by atoms with E-state index in [-0.39, 0.29) is 17.7 Å². The summed E-state index contributed by atoms with van der Waals surface area (Å²) in [5.74, 6) is -2.30. The van der Waals surface area contributed by atoms with E-state index in [2.05, 4.69) is 4.98 Å². The van der Waals surface area contributed by atoms with Gasteiger partial charge < -0.3 is 10.0 Å². The van der Waals surface area contributed by atoms with Crippen LogP contribution in [0.1, 0.15) is 26.3 Å². The third-order valence-corrected chi connectivity index (χ3v) is 2.96. The van der Waals surface area contributed by atoms with Crippen molar-refractivity contribution in [2.75, 3.05) is 7.05 Å². The van der Waals surface area contributed by atoms with Crippen molar-refractivity contribution in [2.24, 2.45) is 0 Å². The number of benzene rings is 1. The summed E-state index contributed by atoms with van der Waals surface area (Å²) in [5.41, 5.74) is 0.827. The van der Waals surface area contributed by atoms with E-state index in [4.69, 9.17) is 5.11 Å². The first-order valence-electron chi connectivity index (χ1n) is 6.17. The van der Waals surface area contributed by atoms with E-state index in [1.165, 1.54) is 35.4 Å². The first-order valence-corrected chi connectivity index (χ1v) is 6.17. The molecule has 2 aromatic rings. The number of pyridine rings is 1. The molecule has 5 nitrogen and oxygen atoms in total. The van der Waals surface area contributed by atoms with Crippen molar-refractivity contribution in [3.63, 3.8) is 0 Å². The molecule has 6 heteroatoms. The van der Waals surface area contributed by atoms with Crippen molar-refractivity contribution in [3.05, 3.63) is 65.2 Å². The number of nitrogens with zero attached hydrogens (tertiary/aromatic N) is 2. The highest BCUT2D eigenvalue weighted by Gasteiger charge is 2.16. The Balaban J connectivity index is 2.10. The van der Waals surface area contributed by atoms with Crippen molar-refractivity contribution in [1.29, 1.82) is 0 Å². The highest BCUT2D eigenvalue weighted by atomic mass is 19.1. The molecule has 1 amide bonds. The van der Waals surface area contributed by atoms with Gasteiger partial charge in [-0.25, -0.2) is 9.78 Å². The van der Waals surface area contributed by atoms with Crippen LogP contribution in [0.3, 0.4) is 0 Å². The van der Waals surface area contributed by atoms with Gasteiger partial charge in [0.15, 0.2) is 0 Å². The molecule has 0 spiro atoms. The number of carboxylic acid groups (broad SMARTS) is 1. The zero-order valence-electron chi connectivity index (χ0n) is 11.3. The predicted octanol–water partition coefficient (Wildman–Crippen LogP) is 2.19. The number of halogens is 1. The van der Waals surface area contributed by atoms with Crippen molar-refractivity contribution >= 4 is 11.9 Å². The van der Waals surface area contributed by atoms with E-state index in [1.54, 1.807) is 19.2 Å². The number of rotatable bonds is 4. The minimum absolute atomic E-state index is 0.0952. The topological polar surface area (TPSA) is 70.5 Å². The smallest absolute Gasteiger partial charge is 0.335 e. The van der Waals surface area contributed by atoms with Crippen LogP contribution in [0.5, 0.6) is 0 Å². The molecular formula is C15H13FN2O3. The lowest BCUT2D eigenvalue weighted by atomic mass is 10.1. The summed E-state index contributed by atoms with van der Waals surface area (Å²) in [4.78, 5) is 27.6. The normalized spacial score (nSPS) is 10.2. The number of carbonyl (C=O) groups excluding carboxylic acids is 1. The van der Waals surface area contributed by atoms with Gasteiger partial charge in [0.1, 0.15) is 0 Å². The molecule has 0 aliphatic heterocycles. The maximum Gasteiger partial charge on any atom is 0.335 e. The number of hydrogen-bond acceptors (Lipinski definition) is 3. The van der Waals surface area contributed by atoms with Gasteiger partial charge in [0.2, 0.25) is 5.95 Å². The Morgan fingerprint density at radius 3 is 2.48 bits per heavy atom. The molecule has 0 bridgehead atoms. The van der Waals surface area contributed by atoms with Crippen LogP contribution in [0, 0.1) is 5.95 Å². The fraction of sp³-hybridized carbons (Fsp3) is 0.133. The average Bonchev–Trinajstić information content (AvgIpc) is 2.47. The molecule has 108 valence electrons. The molecule has 0 unspecified atom stereocenters. The maximum atomic E-state index is 13.5. The predicted molar refractivity (Wildman–Crippen MR) is 73.4 cm³/mol. The Labute approximate surface area is 120 Å². The molecule has 21 heavy (non-hydrogen) atoms. The lowest BCUT2D eigenvalue weighted by Gasteiger charge is -2.17. The fourth-order valence-corrected chi connectivity index (χ4v) is 1.85. The van der Waals surface area contributed by atoms with Crippen LogP contribution in [0.4, 0.5) is 4.39 Å². The van der Waals surface area contributed by atoms with E-state index in [0.717, 1.165) is 5.56 Å². The Morgan fingerprint density at radius 1 is 1.24 bits per heavy atom. The second-order valence-corrected chi connectivity index (χ2v) is 4.51. The van der Waals surface area contributed by atoms with Gasteiger partial charge in [-0.3, -0.25) is 4.79 Å². The SMILES string of the molecule is CN(Cc1ccc(C(=O)O)cc1)C(=O)c1cccnc1F. The van der Waals surface area contributed by atoms with Crippen LogP contribution >= 0.6 is 0 Å². The van der Waals surface area contributed by atoms with Crippen molar-refractivity contribution in [3.8, 4) is 0 Å². The molecule has 2 rings (SSSR count). The first kappa shape index (κ1) is 14.6. The number of hydrogen-bond donors (Lipinski definition) is 1. The molecule has 1 aromatic heterocycles. The van der Waals surface area contributed by atoms with Gasteiger partial charge in [-0.1, -0.05) is 12.1 Å². The van der Waals surface area contributed by atoms with E-state index in [0.29, 0.717) is 0 Å². The van der Waals surface area contributed by atoms with Gasteiger partial charge >= 0.3 is 5.97 Å². The third kappa shape index (κ3) is 3.42. The Morgan fingerprint density at radius 2 is 1.90 bits per heavy atom. The van der Waals surface area contributed by atoms with Gasteiger partial charge in [0.25, 0.3) is 5.91 Å². The zero-order chi connectivity index (χ0) is 15.4. The summed E-state index contributed by atoms with van der Waals surface area (Å²) in [7, 11) is 1.54. The minimum Gasteiger partial charge on any atom is -0.478 e. The van der Waals surface area contributed by atoms with E-state index in [9.17, 15) is 14.0 Å². The molecule has 0 radical (unpaired) electrons. The minimum atomic E-state index is -1.01. The summed E-state index contributed by atoms with van der Waals surface area (Å²) in [5, 5.41) is 8.81. The number of carboxylic acids is 1. The summed E-state index contributed by atoms with van der Waals surface area (Å²) in [6, 6.07) is 9.02. The van der Waals surface area contributed by atoms with Crippen LogP contribution in [-0.4, -0.2) is 33.9 Å². The monoisotopic (exact) mass is 288 g/mol. The van der Waals surface area contributed by atoms with Crippen LogP contribution in [0.25, 0.3) is 0 Å². The molecular weight excluding hydrogens is 275 g/mol. The van der Waals surface area contributed by atoms with Crippen molar-refractivity contribution < 1.29 is 19.1 Å². The Bertz CT molecular complexity index is 671. The molecule has 1 heterocycles. The number of aromatic nitrogens is 1. The number of aromatic carboxylic acids is 1. The van der Waals surface area contributed by atoms with Crippen LogP contribution in [0.15, 0.2) is 42.6 Å². The highest BCUT2D eigenvalue weighted by Crippen LogP contribution is 2.11. The quantitative estimate of drug-likeness (QED) is 0.875. The van der Waals surface area contributed by atoms with E-state index < -0.39 is 17.8 Å². The van der Waals surface area contributed by atoms with Crippen molar-refractivity contribution in [1.82, 2.24) is 9.88 Å². The van der Waals surface area contributed by atoms with E-state index >= 15 is 0 Å². The molecule has 0 saturated carbocycles. The van der Waals surface area contributed by atoms with Crippen LogP contribution < -0.4 is 0 Å². The van der Waals surface area contributed by atoms with Gasteiger partial charge in [-0.2, -0.15) is 4.39 Å². The standard InChI is InChI=1S/C15H13FN2O3/c1-18(14(19)12-3-2-8-17-13(12)16)9-10-4-6-11(7-5-10)15(20)21/h2-8H,9H2,1H3,(H,20,21). The molecule has 0 aliphatic carbocycles. The molecule has 0 atom stereocenters. The maximum absolute atomic E-state index is 13.5. The largest absolute Gasteiger partial charge is 0.478 e. The first-order chi connectivity index (χ1) is 9.99. The van der Waals surface area contributed by atoms with Gasteiger partial charge in [0.05, 0.1) is 11.1 Å². The molecule has 0 aliphatic rings. The lowest BCUT2D eigenvalue weighted by molar-refractivity contribution is 0.0695. The van der Waals surface area contributed by atoms with E-state index in [1.807, 2.05) is 0 Å². The lowest BCUT2D eigenvalue weighted by Crippen LogP contribution is -2.27. The van der Waals surface area contributed by atoms with Crippen molar-refractivity contribution in [2.45, 2.75) is 6.54 Å². The summed E-state index contributed by atoms with van der Waals surface area (Å²) in [6.07, 6.45) is 1.27. The summed E-state index contributed by atoms with van der Waals surface area (Å²) < 4.78 is 13.5. The van der Waals surface area contributed by atoms with Crippen LogP contribution in [-0.2, 0) is 6.54 Å². The second-order valence-electron chi connectivity index (χ2n) is 4.51. The average molecular weight is 288 g/mol. The fourth-order valence-electron chi connectivity index (χ4n) is 1.85. The molecule has 1 N–H and O–H groups in total. The highest BCUT2D eigenvalue weighted by molar-refractivity contribution is 5.94. The molecule has 1 aromatic carbocycles. The summed E-state index contributed by atoms with van der Waals surface area (Å²) >= 11 is 0. The van der Waals surface area contributed by atoms with Crippen LogP contribution in [0.2, 0.25) is 0 Å². The second kappa shape index (κ2) is 6.13. The third-order valence-electron chi connectivity index (χ3n) is 2.96. The summed E-state index contributed by atoms with van der Waals surface area (Å²) in [6.45, 7) is 0.243. The van der Waals surface area contributed by atoms with Gasteiger partial charge in [-0.05, 0) is 29.8 Å². The van der Waals surface area contributed by atoms with Gasteiger partial charge in [-0.15, -0.1) is 0 Å². The number of amides is 1. The Kier molecular flexibility index (Phi) is 4.27. The number of carbonyl (C=O) groups is 2. The molecule has 0 fully saturated rings. The molecule has 0 saturated heterocycles. The van der Waals surface area contributed by atoms with Gasteiger partial charge in [0, 0.05) is 19.8 Å². The Hall–Kier alpha value is -2.76. The zero-order valence-corrected chi connectivity index (χ0v) is 11.3.